The van der Waals surface area contributed by atoms with E-state index in [0.29, 0.717) is 12.6 Å². The molecule has 0 unspecified atom stereocenters. The maximum atomic E-state index is 10.6. The number of aryl methyl sites for hydroxylation is 1. The Morgan fingerprint density at radius 1 is 1.35 bits per heavy atom. The van der Waals surface area contributed by atoms with Gasteiger partial charge in [0.2, 0.25) is 0 Å². The third-order valence-electron chi connectivity index (χ3n) is 6.05. The zero-order chi connectivity index (χ0) is 18.1. The first-order chi connectivity index (χ1) is 12.6. The van der Waals surface area contributed by atoms with Gasteiger partial charge in [-0.1, -0.05) is 37.3 Å². The second-order valence-electron chi connectivity index (χ2n) is 7.72. The maximum absolute atomic E-state index is 10.6. The lowest BCUT2D eigenvalue weighted by atomic mass is 9.79. The molecular formula is C22H29NO2S. The highest BCUT2D eigenvalue weighted by Crippen LogP contribution is 2.46. The predicted octanol–water partition coefficient (Wildman–Crippen LogP) is 4.30. The van der Waals surface area contributed by atoms with Crippen LogP contribution in [0.25, 0.3) is 0 Å². The molecule has 1 N–H and O–H groups in total. The molecule has 3 heterocycles. The average Bonchev–Trinajstić information content (AvgIpc) is 3.10. The number of ether oxygens (including phenoxy) is 1. The van der Waals surface area contributed by atoms with E-state index >= 15 is 0 Å². The summed E-state index contributed by atoms with van der Waals surface area (Å²) in [6.07, 6.45) is 3.78. The van der Waals surface area contributed by atoms with E-state index in [1.165, 1.54) is 15.3 Å². The molecule has 2 aliphatic heterocycles. The van der Waals surface area contributed by atoms with Gasteiger partial charge in [-0.25, -0.2) is 0 Å². The van der Waals surface area contributed by atoms with Crippen LogP contribution in [-0.2, 0) is 23.2 Å². The van der Waals surface area contributed by atoms with E-state index in [9.17, 15) is 5.11 Å². The number of aliphatic hydroxyl groups is 1. The van der Waals surface area contributed by atoms with Crippen LogP contribution in [-0.4, -0.2) is 35.7 Å². The van der Waals surface area contributed by atoms with E-state index in [1.54, 1.807) is 0 Å². The molecule has 0 saturated carbocycles. The summed E-state index contributed by atoms with van der Waals surface area (Å²) in [7, 11) is 0. The molecule has 1 spiro atoms. The van der Waals surface area contributed by atoms with Crippen LogP contribution < -0.4 is 0 Å². The summed E-state index contributed by atoms with van der Waals surface area (Å²) < 4.78 is 6.42. The second kappa shape index (κ2) is 7.43. The van der Waals surface area contributed by atoms with Gasteiger partial charge in [0.25, 0.3) is 0 Å². The van der Waals surface area contributed by atoms with Crippen molar-refractivity contribution in [1.82, 2.24) is 4.90 Å². The molecule has 0 aliphatic carbocycles. The number of β-amino-alcohol motifs (C(OH)–C–C–N with tert-alkyl or cyclic N) is 1. The summed E-state index contributed by atoms with van der Waals surface area (Å²) in [4.78, 5) is 5.45. The third kappa shape index (κ3) is 3.36. The Hall–Kier alpha value is -1.20. The monoisotopic (exact) mass is 371 g/mol. The number of likely N-dealkylation sites (tertiary alicyclic amines) is 1. The zero-order valence-corrected chi connectivity index (χ0v) is 16.6. The highest BCUT2D eigenvalue weighted by Gasteiger charge is 2.44. The van der Waals surface area contributed by atoms with Crippen molar-refractivity contribution in [1.29, 1.82) is 0 Å². The SMILES string of the molecule is CCc1cc2c(s1)CCO[C@@]21CCN(C[C@H](O)c2ccccc2)[C@@H](C)C1. The molecule has 1 aromatic heterocycles. The normalized spacial score (nSPS) is 27.4. The van der Waals surface area contributed by atoms with Crippen molar-refractivity contribution >= 4 is 11.3 Å². The van der Waals surface area contributed by atoms with Gasteiger partial charge in [-0.05, 0) is 43.4 Å². The Morgan fingerprint density at radius 2 is 2.15 bits per heavy atom. The van der Waals surface area contributed by atoms with Crippen LogP contribution in [0.15, 0.2) is 36.4 Å². The van der Waals surface area contributed by atoms with Crippen molar-refractivity contribution in [2.24, 2.45) is 0 Å². The fraction of sp³-hybridized carbons (Fsp3) is 0.545. The van der Waals surface area contributed by atoms with Gasteiger partial charge in [0.15, 0.2) is 0 Å². The average molecular weight is 372 g/mol. The van der Waals surface area contributed by atoms with Gasteiger partial charge in [-0.15, -0.1) is 11.3 Å². The van der Waals surface area contributed by atoms with Crippen LogP contribution in [0.5, 0.6) is 0 Å². The van der Waals surface area contributed by atoms with Gasteiger partial charge in [-0.3, -0.25) is 4.90 Å². The first-order valence-electron chi connectivity index (χ1n) is 9.84. The Balaban J connectivity index is 1.48. The summed E-state index contributed by atoms with van der Waals surface area (Å²) in [5, 5.41) is 10.6. The molecule has 26 heavy (non-hydrogen) atoms. The lowest BCUT2D eigenvalue weighted by Gasteiger charge is -2.47. The smallest absolute Gasteiger partial charge is 0.0969 e. The topological polar surface area (TPSA) is 32.7 Å². The summed E-state index contributed by atoms with van der Waals surface area (Å²) in [6, 6.07) is 12.8. The standard InChI is InChI=1S/C22H29NO2S/c1-3-18-13-19-21(26-18)9-12-25-22(19)10-11-23(16(2)14-22)15-20(24)17-7-5-4-6-8-17/h4-8,13,16,20,24H,3,9-12,14-15H2,1-2H3/t16-,20-,22+/m0/s1. The molecule has 1 aromatic carbocycles. The van der Waals surface area contributed by atoms with E-state index in [0.717, 1.165) is 44.4 Å². The number of hydrogen-bond donors (Lipinski definition) is 1. The van der Waals surface area contributed by atoms with Crippen molar-refractivity contribution < 1.29 is 9.84 Å². The first-order valence-corrected chi connectivity index (χ1v) is 10.7. The highest BCUT2D eigenvalue weighted by molar-refractivity contribution is 7.12. The van der Waals surface area contributed by atoms with E-state index < -0.39 is 6.10 Å². The molecule has 4 heteroatoms. The molecule has 4 rings (SSSR count). The minimum Gasteiger partial charge on any atom is -0.387 e. The Kier molecular flexibility index (Phi) is 5.20. The second-order valence-corrected chi connectivity index (χ2v) is 8.94. The molecule has 1 fully saturated rings. The summed E-state index contributed by atoms with van der Waals surface area (Å²) >= 11 is 1.98. The largest absolute Gasteiger partial charge is 0.387 e. The lowest BCUT2D eigenvalue weighted by Crippen LogP contribution is -2.51. The van der Waals surface area contributed by atoms with Crippen LogP contribution in [0.1, 0.15) is 53.7 Å². The minimum absolute atomic E-state index is 0.106. The summed E-state index contributed by atoms with van der Waals surface area (Å²) in [6.45, 7) is 7.03. The van der Waals surface area contributed by atoms with Crippen LogP contribution in [0, 0.1) is 0 Å². The lowest BCUT2D eigenvalue weighted by molar-refractivity contribution is -0.114. The van der Waals surface area contributed by atoms with Crippen molar-refractivity contribution in [2.75, 3.05) is 19.7 Å². The minimum atomic E-state index is -0.427. The number of fused-ring (bicyclic) bond motifs is 2. The predicted molar refractivity (Wildman–Crippen MR) is 107 cm³/mol. The van der Waals surface area contributed by atoms with Gasteiger partial charge >= 0.3 is 0 Å². The fourth-order valence-electron chi connectivity index (χ4n) is 4.55. The molecule has 0 bridgehead atoms. The fourth-order valence-corrected chi connectivity index (χ4v) is 5.73. The molecule has 1 saturated heterocycles. The van der Waals surface area contributed by atoms with E-state index in [1.807, 2.05) is 41.7 Å². The summed E-state index contributed by atoms with van der Waals surface area (Å²) in [5.74, 6) is 0. The number of benzene rings is 1. The van der Waals surface area contributed by atoms with Gasteiger partial charge < -0.3 is 9.84 Å². The number of nitrogens with zero attached hydrogens (tertiary/aromatic N) is 1. The molecule has 0 radical (unpaired) electrons. The number of hydrogen-bond acceptors (Lipinski definition) is 4. The molecule has 3 nitrogen and oxygen atoms in total. The van der Waals surface area contributed by atoms with Gasteiger partial charge in [0.05, 0.1) is 18.3 Å². The number of thiophene rings is 1. The van der Waals surface area contributed by atoms with E-state index in [4.69, 9.17) is 4.74 Å². The Labute approximate surface area is 160 Å². The zero-order valence-electron chi connectivity index (χ0n) is 15.8. The Bertz CT molecular complexity index is 744. The quantitative estimate of drug-likeness (QED) is 0.870. The molecule has 140 valence electrons. The molecule has 0 amide bonds. The van der Waals surface area contributed by atoms with Gasteiger partial charge in [0.1, 0.15) is 0 Å². The number of aliphatic hydroxyl groups excluding tert-OH is 1. The van der Waals surface area contributed by atoms with E-state index in [-0.39, 0.29) is 5.60 Å². The molecule has 2 aromatic rings. The Morgan fingerprint density at radius 3 is 2.88 bits per heavy atom. The molecule has 2 aliphatic rings. The first kappa shape index (κ1) is 18.2. The number of rotatable bonds is 4. The summed E-state index contributed by atoms with van der Waals surface area (Å²) in [5.41, 5.74) is 2.35. The number of piperidine rings is 1. The van der Waals surface area contributed by atoms with Crippen LogP contribution >= 0.6 is 11.3 Å². The third-order valence-corrected chi connectivity index (χ3v) is 7.39. The van der Waals surface area contributed by atoms with Crippen molar-refractivity contribution in [3.63, 3.8) is 0 Å². The van der Waals surface area contributed by atoms with Crippen molar-refractivity contribution in [2.45, 2.75) is 57.3 Å². The van der Waals surface area contributed by atoms with Gasteiger partial charge in [0, 0.05) is 35.3 Å². The maximum Gasteiger partial charge on any atom is 0.0969 e. The van der Waals surface area contributed by atoms with E-state index in [2.05, 4.69) is 24.8 Å². The van der Waals surface area contributed by atoms with Crippen molar-refractivity contribution in [3.8, 4) is 0 Å². The van der Waals surface area contributed by atoms with Gasteiger partial charge in [-0.2, -0.15) is 0 Å². The molecular weight excluding hydrogens is 342 g/mol. The van der Waals surface area contributed by atoms with Crippen LogP contribution in [0.3, 0.4) is 0 Å². The van der Waals surface area contributed by atoms with Crippen LogP contribution in [0.2, 0.25) is 0 Å². The van der Waals surface area contributed by atoms with Crippen LogP contribution in [0.4, 0.5) is 0 Å². The molecule has 3 atom stereocenters. The van der Waals surface area contributed by atoms with Crippen molar-refractivity contribution in [3.05, 3.63) is 57.3 Å². The highest BCUT2D eigenvalue weighted by atomic mass is 32.1.